The lowest BCUT2D eigenvalue weighted by molar-refractivity contribution is -0.266. The number of fused-ring (bicyclic) bond motifs is 1. The fourth-order valence-electron chi connectivity index (χ4n) is 4.06. The molecule has 0 aliphatic rings. The minimum atomic E-state index is -4.81. The van der Waals surface area contributed by atoms with Crippen LogP contribution in [0.2, 0.25) is 0 Å². The minimum Gasteiger partial charge on any atom is -0.496 e. The van der Waals surface area contributed by atoms with E-state index in [1.54, 1.807) is 50.2 Å². The van der Waals surface area contributed by atoms with E-state index in [0.717, 1.165) is 5.56 Å². The Morgan fingerprint density at radius 1 is 1.03 bits per heavy atom. The normalized spacial score (nSPS) is 14.5. The summed E-state index contributed by atoms with van der Waals surface area (Å²) in [7, 11) is 1.49. The highest BCUT2D eigenvalue weighted by molar-refractivity contribution is 5.81. The Labute approximate surface area is 174 Å². The third kappa shape index (κ3) is 4.29. The van der Waals surface area contributed by atoms with Crippen molar-refractivity contribution in [1.82, 2.24) is 4.98 Å². The molecule has 1 unspecified atom stereocenters. The molecule has 0 saturated carbocycles. The zero-order valence-corrected chi connectivity index (χ0v) is 17.5. The Morgan fingerprint density at radius 3 is 2.40 bits per heavy atom. The molecular formula is C24H26F3NO2. The monoisotopic (exact) mass is 417 g/mol. The molecule has 1 aromatic heterocycles. The number of alkyl halides is 3. The number of halogens is 3. The van der Waals surface area contributed by atoms with Gasteiger partial charge in [-0.25, -0.2) is 0 Å². The molecular weight excluding hydrogens is 391 g/mol. The van der Waals surface area contributed by atoms with E-state index in [4.69, 9.17) is 4.74 Å². The first-order valence-corrected chi connectivity index (χ1v) is 9.74. The number of hydrogen-bond donors (Lipinski definition) is 1. The number of rotatable bonds is 6. The van der Waals surface area contributed by atoms with E-state index >= 15 is 0 Å². The largest absolute Gasteiger partial charge is 0.496 e. The van der Waals surface area contributed by atoms with Crippen LogP contribution in [0.1, 0.15) is 37.0 Å². The molecule has 0 aliphatic carbocycles. The lowest BCUT2D eigenvalue weighted by Gasteiger charge is -2.38. The van der Waals surface area contributed by atoms with Crippen molar-refractivity contribution in [3.05, 3.63) is 71.4 Å². The molecule has 3 aromatic rings. The first kappa shape index (κ1) is 22.1. The number of aryl methyl sites for hydroxylation is 1. The Kier molecular flexibility index (Phi) is 5.83. The topological polar surface area (TPSA) is 42.4 Å². The van der Waals surface area contributed by atoms with Crippen LogP contribution < -0.4 is 4.74 Å². The molecule has 0 amide bonds. The maximum Gasteiger partial charge on any atom is 0.417 e. The predicted molar refractivity (Wildman–Crippen MR) is 112 cm³/mol. The quantitative estimate of drug-likeness (QED) is 0.555. The summed E-state index contributed by atoms with van der Waals surface area (Å²) in [5.41, 5.74) is -1.37. The molecule has 1 atom stereocenters. The summed E-state index contributed by atoms with van der Waals surface area (Å²) in [5, 5.41) is 11.6. The minimum absolute atomic E-state index is 0.410. The van der Waals surface area contributed by atoms with Crippen molar-refractivity contribution in [2.75, 3.05) is 7.11 Å². The molecule has 1 heterocycles. The van der Waals surface area contributed by atoms with Crippen LogP contribution in [0.3, 0.4) is 0 Å². The number of nitrogens with zero attached hydrogens (tertiary/aromatic N) is 1. The fraction of sp³-hybridized carbons (Fsp3) is 0.375. The molecule has 3 rings (SSSR count). The molecule has 0 fully saturated rings. The van der Waals surface area contributed by atoms with Gasteiger partial charge in [-0.15, -0.1) is 0 Å². The number of benzene rings is 2. The van der Waals surface area contributed by atoms with Gasteiger partial charge in [0.1, 0.15) is 5.75 Å². The van der Waals surface area contributed by atoms with Gasteiger partial charge in [-0.05, 0) is 42.5 Å². The van der Waals surface area contributed by atoms with Crippen LogP contribution in [0.15, 0.2) is 54.7 Å². The van der Waals surface area contributed by atoms with Crippen molar-refractivity contribution >= 4 is 10.9 Å². The van der Waals surface area contributed by atoms with Gasteiger partial charge in [0, 0.05) is 23.6 Å². The summed E-state index contributed by atoms with van der Waals surface area (Å²) in [6.07, 6.45) is -4.41. The number of aromatic nitrogens is 1. The Hall–Kier alpha value is -2.60. The van der Waals surface area contributed by atoms with E-state index in [9.17, 15) is 18.3 Å². The lowest BCUT2D eigenvalue weighted by atomic mass is 9.72. The van der Waals surface area contributed by atoms with Crippen molar-refractivity contribution in [3.63, 3.8) is 0 Å². The zero-order chi connectivity index (χ0) is 22.2. The average Bonchev–Trinajstić information content (AvgIpc) is 2.67. The zero-order valence-electron chi connectivity index (χ0n) is 17.5. The van der Waals surface area contributed by atoms with Crippen molar-refractivity contribution in [2.45, 2.75) is 50.8 Å². The van der Waals surface area contributed by atoms with Crippen LogP contribution in [0.25, 0.3) is 10.9 Å². The van der Waals surface area contributed by atoms with Gasteiger partial charge in [0.2, 0.25) is 0 Å². The number of pyridine rings is 1. The lowest BCUT2D eigenvalue weighted by Crippen LogP contribution is -2.50. The summed E-state index contributed by atoms with van der Waals surface area (Å²) in [5.74, 6) is 0.504. The van der Waals surface area contributed by atoms with E-state index < -0.39 is 30.0 Å². The second-order valence-corrected chi connectivity index (χ2v) is 8.46. The van der Waals surface area contributed by atoms with Gasteiger partial charge in [0.05, 0.1) is 12.6 Å². The number of methoxy groups -OCH3 is 1. The van der Waals surface area contributed by atoms with Crippen molar-refractivity contribution in [1.29, 1.82) is 0 Å². The van der Waals surface area contributed by atoms with Gasteiger partial charge in [-0.2, -0.15) is 13.2 Å². The molecule has 0 radical (unpaired) electrons. The summed E-state index contributed by atoms with van der Waals surface area (Å²) in [4.78, 5) is 4.21. The van der Waals surface area contributed by atoms with E-state index in [-0.39, 0.29) is 0 Å². The third-order valence-electron chi connectivity index (χ3n) is 5.57. The Bertz CT molecular complexity index is 1040. The molecule has 160 valence electrons. The highest BCUT2D eigenvalue weighted by Crippen LogP contribution is 2.45. The van der Waals surface area contributed by atoms with Gasteiger partial charge in [-0.1, -0.05) is 49.7 Å². The second-order valence-electron chi connectivity index (χ2n) is 8.46. The van der Waals surface area contributed by atoms with Gasteiger partial charge >= 0.3 is 6.18 Å². The standard InChI is InChI=1S/C24H26F3NO2/c1-16-9-10-21(30-4)19(13-16)22(2,3)15-23(29,24(25,26)27)14-17-11-12-28-20-8-6-5-7-18(17)20/h5-13,29H,14-15H2,1-4H3. The van der Waals surface area contributed by atoms with Crippen molar-refractivity contribution in [2.24, 2.45) is 0 Å². The van der Waals surface area contributed by atoms with Crippen LogP contribution in [0, 0.1) is 6.92 Å². The van der Waals surface area contributed by atoms with Crippen molar-refractivity contribution in [3.8, 4) is 5.75 Å². The maximum absolute atomic E-state index is 14.2. The summed E-state index contributed by atoms with van der Waals surface area (Å²) in [6, 6.07) is 13.9. The number of hydrogen-bond acceptors (Lipinski definition) is 3. The van der Waals surface area contributed by atoms with Gasteiger partial charge in [0.15, 0.2) is 5.60 Å². The Morgan fingerprint density at radius 2 is 1.73 bits per heavy atom. The van der Waals surface area contributed by atoms with Crippen LogP contribution in [-0.2, 0) is 11.8 Å². The smallest absolute Gasteiger partial charge is 0.417 e. The molecule has 6 heteroatoms. The first-order valence-electron chi connectivity index (χ1n) is 9.74. The number of aliphatic hydroxyl groups is 1. The summed E-state index contributed by atoms with van der Waals surface area (Å²) < 4.78 is 48.0. The van der Waals surface area contributed by atoms with Crippen LogP contribution >= 0.6 is 0 Å². The predicted octanol–water partition coefficient (Wildman–Crippen LogP) is 5.76. The first-order chi connectivity index (χ1) is 14.0. The highest BCUT2D eigenvalue weighted by atomic mass is 19.4. The fourth-order valence-corrected chi connectivity index (χ4v) is 4.06. The van der Waals surface area contributed by atoms with E-state index in [1.807, 2.05) is 19.1 Å². The van der Waals surface area contributed by atoms with Crippen LogP contribution in [0.5, 0.6) is 5.75 Å². The number of para-hydroxylation sites is 1. The van der Waals surface area contributed by atoms with Crippen LogP contribution in [0.4, 0.5) is 13.2 Å². The average molecular weight is 417 g/mol. The molecule has 3 nitrogen and oxygen atoms in total. The molecule has 0 bridgehead atoms. The SMILES string of the molecule is COc1ccc(C)cc1C(C)(C)CC(O)(Cc1ccnc2ccccc12)C(F)(F)F. The number of ether oxygens (including phenoxy) is 1. The molecule has 0 saturated heterocycles. The molecule has 30 heavy (non-hydrogen) atoms. The van der Waals surface area contributed by atoms with Crippen molar-refractivity contribution < 1.29 is 23.0 Å². The summed E-state index contributed by atoms with van der Waals surface area (Å²) >= 11 is 0. The van der Waals surface area contributed by atoms with E-state index in [2.05, 4.69) is 4.98 Å². The second kappa shape index (κ2) is 7.91. The molecule has 1 N–H and O–H groups in total. The van der Waals surface area contributed by atoms with Gasteiger partial charge in [-0.3, -0.25) is 4.98 Å². The third-order valence-corrected chi connectivity index (χ3v) is 5.57. The molecule has 0 spiro atoms. The van der Waals surface area contributed by atoms with E-state index in [0.29, 0.717) is 27.8 Å². The van der Waals surface area contributed by atoms with Crippen LogP contribution in [-0.4, -0.2) is 29.0 Å². The molecule has 2 aromatic carbocycles. The molecule has 0 aliphatic heterocycles. The summed E-state index contributed by atoms with van der Waals surface area (Å²) in [6.45, 7) is 5.27. The Balaban J connectivity index is 2.05. The van der Waals surface area contributed by atoms with E-state index in [1.165, 1.54) is 13.3 Å². The maximum atomic E-state index is 14.2. The van der Waals surface area contributed by atoms with Gasteiger partial charge < -0.3 is 9.84 Å². The highest BCUT2D eigenvalue weighted by Gasteiger charge is 2.56. The van der Waals surface area contributed by atoms with Gasteiger partial charge in [0.25, 0.3) is 0 Å².